The Kier molecular flexibility index (Phi) is 5.33. The van der Waals surface area contributed by atoms with Crippen LogP contribution in [0.3, 0.4) is 0 Å². The molecule has 1 aromatic heterocycles. The van der Waals surface area contributed by atoms with E-state index in [1.165, 1.54) is 11.5 Å². The minimum absolute atomic E-state index is 0.0704. The van der Waals surface area contributed by atoms with Crippen molar-refractivity contribution in [2.45, 2.75) is 26.3 Å². The predicted octanol–water partition coefficient (Wildman–Crippen LogP) is 2.66. The van der Waals surface area contributed by atoms with Crippen LogP contribution in [0.15, 0.2) is 24.3 Å². The molecule has 0 saturated carbocycles. The van der Waals surface area contributed by atoms with Gasteiger partial charge in [-0.2, -0.15) is 4.37 Å². The lowest BCUT2D eigenvalue weighted by Gasteiger charge is -2.15. The molecule has 1 fully saturated rings. The molecule has 0 radical (unpaired) electrons. The van der Waals surface area contributed by atoms with E-state index in [2.05, 4.69) is 15.0 Å². The topological polar surface area (TPSA) is 74.3 Å². The first-order valence-corrected chi connectivity index (χ1v) is 9.18. The summed E-state index contributed by atoms with van der Waals surface area (Å²) >= 11 is 1.27. The third-order valence-corrected chi connectivity index (χ3v) is 5.29. The fourth-order valence-electron chi connectivity index (χ4n) is 3.00. The standard InChI is InChI=1S/C18H22N4O2S/c1-12-15(17(19-2)25-21-12)16(23)20-11-13-6-5-7-14(10-13)18(24)22-8-3-4-9-22/h5-7,10,19H,3-4,8-9,11H2,1-2H3,(H,20,23). The summed E-state index contributed by atoms with van der Waals surface area (Å²) in [4.78, 5) is 26.8. The maximum Gasteiger partial charge on any atom is 0.256 e. The fourth-order valence-corrected chi connectivity index (χ4v) is 3.74. The van der Waals surface area contributed by atoms with Crippen LogP contribution in [0, 0.1) is 6.92 Å². The van der Waals surface area contributed by atoms with E-state index in [1.807, 2.05) is 36.1 Å². The van der Waals surface area contributed by atoms with Crippen LogP contribution in [-0.4, -0.2) is 41.2 Å². The molecule has 0 spiro atoms. The third kappa shape index (κ3) is 3.82. The van der Waals surface area contributed by atoms with Gasteiger partial charge in [-0.1, -0.05) is 12.1 Å². The van der Waals surface area contributed by atoms with Crippen LogP contribution in [0.1, 0.15) is 44.8 Å². The average molecular weight is 358 g/mol. The average Bonchev–Trinajstić information content (AvgIpc) is 3.29. The van der Waals surface area contributed by atoms with Crippen LogP contribution in [0.2, 0.25) is 0 Å². The Hall–Kier alpha value is -2.41. The lowest BCUT2D eigenvalue weighted by atomic mass is 10.1. The first-order valence-electron chi connectivity index (χ1n) is 8.40. The molecule has 3 rings (SSSR count). The number of anilines is 1. The van der Waals surface area contributed by atoms with Gasteiger partial charge in [-0.25, -0.2) is 0 Å². The molecule has 1 saturated heterocycles. The Morgan fingerprint density at radius 3 is 2.76 bits per heavy atom. The zero-order valence-electron chi connectivity index (χ0n) is 14.5. The molecule has 2 amide bonds. The van der Waals surface area contributed by atoms with Gasteiger partial charge >= 0.3 is 0 Å². The SMILES string of the molecule is CNc1snc(C)c1C(=O)NCc1cccc(C(=O)N2CCCC2)c1. The second kappa shape index (κ2) is 7.65. The number of nitrogens with zero attached hydrogens (tertiary/aromatic N) is 2. The van der Waals surface area contributed by atoms with E-state index < -0.39 is 0 Å². The van der Waals surface area contributed by atoms with E-state index in [9.17, 15) is 9.59 Å². The largest absolute Gasteiger partial charge is 0.378 e. The summed E-state index contributed by atoms with van der Waals surface area (Å²) in [6.07, 6.45) is 2.15. The molecule has 0 atom stereocenters. The number of carbonyl (C=O) groups excluding carboxylic acids is 2. The van der Waals surface area contributed by atoms with Crippen molar-refractivity contribution in [2.75, 3.05) is 25.5 Å². The second-order valence-corrected chi connectivity index (χ2v) is 6.88. The number of nitrogens with one attached hydrogen (secondary N) is 2. The molecule has 1 aromatic carbocycles. The summed E-state index contributed by atoms with van der Waals surface area (Å²) in [6, 6.07) is 7.47. The highest BCUT2D eigenvalue weighted by Crippen LogP contribution is 2.23. The molecule has 0 unspecified atom stereocenters. The molecule has 2 aromatic rings. The molecule has 132 valence electrons. The van der Waals surface area contributed by atoms with Crippen molar-refractivity contribution < 1.29 is 9.59 Å². The molecule has 6 nitrogen and oxygen atoms in total. The maximum absolute atomic E-state index is 12.5. The van der Waals surface area contributed by atoms with Gasteiger partial charge < -0.3 is 15.5 Å². The van der Waals surface area contributed by atoms with Gasteiger partial charge in [0, 0.05) is 32.2 Å². The van der Waals surface area contributed by atoms with E-state index in [0.29, 0.717) is 23.4 Å². The van der Waals surface area contributed by atoms with E-state index in [0.717, 1.165) is 36.5 Å². The number of hydrogen-bond donors (Lipinski definition) is 2. The quantitative estimate of drug-likeness (QED) is 0.862. The number of amides is 2. The van der Waals surface area contributed by atoms with Crippen molar-refractivity contribution in [3.8, 4) is 0 Å². The van der Waals surface area contributed by atoms with Crippen LogP contribution in [0.4, 0.5) is 5.00 Å². The summed E-state index contributed by atoms with van der Waals surface area (Å²) in [7, 11) is 1.77. The Balaban J connectivity index is 1.67. The molecule has 0 bridgehead atoms. The number of rotatable bonds is 5. The Morgan fingerprint density at radius 1 is 1.28 bits per heavy atom. The van der Waals surface area contributed by atoms with Crippen molar-refractivity contribution >= 4 is 28.3 Å². The van der Waals surface area contributed by atoms with Gasteiger partial charge in [0.05, 0.1) is 11.3 Å². The van der Waals surface area contributed by atoms with Gasteiger partial charge in [0.2, 0.25) is 0 Å². The van der Waals surface area contributed by atoms with Crippen molar-refractivity contribution in [3.63, 3.8) is 0 Å². The second-order valence-electron chi connectivity index (χ2n) is 6.10. The highest BCUT2D eigenvalue weighted by molar-refractivity contribution is 7.10. The number of benzene rings is 1. The van der Waals surface area contributed by atoms with E-state index in [-0.39, 0.29) is 11.8 Å². The normalized spacial score (nSPS) is 13.8. The Labute approximate surface area is 151 Å². The zero-order valence-corrected chi connectivity index (χ0v) is 15.3. The zero-order chi connectivity index (χ0) is 17.8. The predicted molar refractivity (Wildman–Crippen MR) is 99.1 cm³/mol. The van der Waals surface area contributed by atoms with Crippen molar-refractivity contribution in [1.29, 1.82) is 0 Å². The molecule has 1 aliphatic heterocycles. The van der Waals surface area contributed by atoms with E-state index in [1.54, 1.807) is 7.05 Å². The molecule has 0 aliphatic carbocycles. The van der Waals surface area contributed by atoms with Crippen LogP contribution in [0.5, 0.6) is 0 Å². The van der Waals surface area contributed by atoms with Gasteiger partial charge in [0.25, 0.3) is 11.8 Å². The molecule has 1 aliphatic rings. The third-order valence-electron chi connectivity index (χ3n) is 4.34. The first-order chi connectivity index (χ1) is 12.1. The van der Waals surface area contributed by atoms with Crippen molar-refractivity contribution in [3.05, 3.63) is 46.6 Å². The van der Waals surface area contributed by atoms with Crippen LogP contribution in [0.25, 0.3) is 0 Å². The van der Waals surface area contributed by atoms with E-state index in [4.69, 9.17) is 0 Å². The maximum atomic E-state index is 12.5. The number of carbonyl (C=O) groups is 2. The van der Waals surface area contributed by atoms with Gasteiger partial charge in [0.15, 0.2) is 0 Å². The summed E-state index contributed by atoms with van der Waals surface area (Å²) < 4.78 is 4.21. The van der Waals surface area contributed by atoms with Crippen LogP contribution >= 0.6 is 11.5 Å². The summed E-state index contributed by atoms with van der Waals surface area (Å²) in [5.74, 6) is -0.0899. The fraction of sp³-hybridized carbons (Fsp3) is 0.389. The van der Waals surface area contributed by atoms with Gasteiger partial charge in [-0.05, 0) is 49.0 Å². The number of aromatic nitrogens is 1. The lowest BCUT2D eigenvalue weighted by molar-refractivity contribution is 0.0792. The lowest BCUT2D eigenvalue weighted by Crippen LogP contribution is -2.28. The molecule has 25 heavy (non-hydrogen) atoms. The minimum atomic E-state index is -0.160. The van der Waals surface area contributed by atoms with Crippen LogP contribution < -0.4 is 10.6 Å². The smallest absolute Gasteiger partial charge is 0.256 e. The minimum Gasteiger partial charge on any atom is -0.378 e. The summed E-state index contributed by atoms with van der Waals surface area (Å²) in [5.41, 5.74) is 2.88. The van der Waals surface area contributed by atoms with Crippen LogP contribution in [-0.2, 0) is 6.54 Å². The van der Waals surface area contributed by atoms with Crippen molar-refractivity contribution in [1.82, 2.24) is 14.6 Å². The Bertz CT molecular complexity index is 781. The molecule has 2 N–H and O–H groups in total. The first kappa shape index (κ1) is 17.4. The summed E-state index contributed by atoms with van der Waals surface area (Å²) in [5, 5.41) is 6.67. The number of aryl methyl sites for hydroxylation is 1. The number of likely N-dealkylation sites (tertiary alicyclic amines) is 1. The highest BCUT2D eigenvalue weighted by atomic mass is 32.1. The highest BCUT2D eigenvalue weighted by Gasteiger charge is 2.20. The number of hydrogen-bond acceptors (Lipinski definition) is 5. The van der Waals surface area contributed by atoms with Gasteiger partial charge in [-0.3, -0.25) is 9.59 Å². The van der Waals surface area contributed by atoms with Gasteiger partial charge in [0.1, 0.15) is 5.00 Å². The monoisotopic (exact) mass is 358 g/mol. The van der Waals surface area contributed by atoms with Gasteiger partial charge in [-0.15, -0.1) is 0 Å². The van der Waals surface area contributed by atoms with Crippen molar-refractivity contribution in [2.24, 2.45) is 0 Å². The van der Waals surface area contributed by atoms with E-state index >= 15 is 0 Å². The summed E-state index contributed by atoms with van der Waals surface area (Å²) in [6.45, 7) is 3.86. The molecular formula is C18H22N4O2S. The molecule has 7 heteroatoms. The molecular weight excluding hydrogens is 336 g/mol. The Morgan fingerprint density at radius 2 is 2.04 bits per heavy atom. The molecule has 2 heterocycles.